The Morgan fingerprint density at radius 3 is 2.50 bits per heavy atom. The van der Waals surface area contributed by atoms with E-state index < -0.39 is 0 Å². The third kappa shape index (κ3) is 3.02. The predicted octanol–water partition coefficient (Wildman–Crippen LogP) is -0.595. The van der Waals surface area contributed by atoms with E-state index in [-0.39, 0.29) is 12.1 Å². The molecule has 0 aromatic rings. The maximum absolute atomic E-state index is 9.82. The molecule has 3 N–H and O–H groups in total. The van der Waals surface area contributed by atoms with Crippen LogP contribution in [0.25, 0.3) is 0 Å². The lowest BCUT2D eigenvalue weighted by molar-refractivity contribution is -0.117. The highest BCUT2D eigenvalue weighted by Gasteiger charge is 2.34. The summed E-state index contributed by atoms with van der Waals surface area (Å²) in [7, 11) is 0. The molecule has 2 heterocycles. The first-order chi connectivity index (χ1) is 5.74. The molecule has 0 aromatic carbocycles. The Bertz CT molecular complexity index is 176. The lowest BCUT2D eigenvalue weighted by atomic mass is 10.3. The Morgan fingerprint density at radius 1 is 1.75 bits per heavy atom. The molecular formula is C8H14N2O2. The van der Waals surface area contributed by atoms with Gasteiger partial charge in [-0.15, -0.1) is 0 Å². The Kier molecular flexibility index (Phi) is 3.25. The maximum atomic E-state index is 9.82. The van der Waals surface area contributed by atoms with Gasteiger partial charge < -0.3 is 15.8 Å². The Balaban J connectivity index is 0.000000120. The lowest BCUT2D eigenvalue weighted by Crippen LogP contribution is -2.21. The minimum Gasteiger partial charge on any atom is -0.443 e. The summed E-state index contributed by atoms with van der Waals surface area (Å²) in [6.45, 7) is 5.45. The molecule has 0 aliphatic carbocycles. The first-order valence-electron chi connectivity index (χ1n) is 4.03. The highest BCUT2D eigenvalue weighted by molar-refractivity contribution is 5.89. The molecule has 4 nitrogen and oxygen atoms in total. The first kappa shape index (κ1) is 9.22. The third-order valence-electron chi connectivity index (χ3n) is 1.73. The molecule has 1 unspecified atom stereocenters. The zero-order valence-corrected chi connectivity index (χ0v) is 6.95. The summed E-state index contributed by atoms with van der Waals surface area (Å²) >= 11 is 0. The summed E-state index contributed by atoms with van der Waals surface area (Å²) in [4.78, 5) is 9.82. The second-order valence-electron chi connectivity index (χ2n) is 2.85. The van der Waals surface area contributed by atoms with Crippen molar-refractivity contribution in [1.82, 2.24) is 5.32 Å². The van der Waals surface area contributed by atoms with Crippen molar-refractivity contribution in [2.24, 2.45) is 5.73 Å². The van der Waals surface area contributed by atoms with Crippen LogP contribution in [0.15, 0.2) is 12.7 Å². The van der Waals surface area contributed by atoms with Gasteiger partial charge >= 0.3 is 5.97 Å². The molecular weight excluding hydrogens is 156 g/mol. The van der Waals surface area contributed by atoms with Gasteiger partial charge in [0.05, 0.1) is 0 Å². The molecule has 2 aliphatic rings. The van der Waals surface area contributed by atoms with Gasteiger partial charge in [-0.25, -0.2) is 4.79 Å². The van der Waals surface area contributed by atoms with Crippen LogP contribution in [0.1, 0.15) is 6.42 Å². The molecule has 2 aliphatic heterocycles. The second-order valence-corrected chi connectivity index (χ2v) is 2.85. The number of carbonyl (C=O) groups is 1. The fourth-order valence-electron chi connectivity index (χ4n) is 0.912. The van der Waals surface area contributed by atoms with Gasteiger partial charge in [0, 0.05) is 12.6 Å². The first-order valence-corrected chi connectivity index (χ1v) is 4.03. The van der Waals surface area contributed by atoms with Crippen LogP contribution in [-0.4, -0.2) is 31.2 Å². The molecule has 2 atom stereocenters. The minimum absolute atomic E-state index is 0.162. The van der Waals surface area contributed by atoms with Gasteiger partial charge in [-0.05, 0) is 19.0 Å². The van der Waals surface area contributed by atoms with Gasteiger partial charge in [-0.1, -0.05) is 6.58 Å². The molecule has 0 aromatic heterocycles. The number of epoxide rings is 1. The smallest absolute Gasteiger partial charge is 0.352 e. The largest absolute Gasteiger partial charge is 0.443 e. The van der Waals surface area contributed by atoms with Crippen LogP contribution in [0.4, 0.5) is 0 Å². The van der Waals surface area contributed by atoms with E-state index in [4.69, 9.17) is 5.73 Å². The van der Waals surface area contributed by atoms with Crippen LogP contribution in [0.2, 0.25) is 0 Å². The van der Waals surface area contributed by atoms with Gasteiger partial charge in [0.25, 0.3) is 0 Å². The fraction of sp³-hybridized carbons (Fsp3) is 0.625. The van der Waals surface area contributed by atoms with E-state index in [9.17, 15) is 4.79 Å². The zero-order valence-electron chi connectivity index (χ0n) is 6.95. The van der Waals surface area contributed by atoms with Crippen LogP contribution in [0.3, 0.4) is 0 Å². The number of ether oxygens (including phenoxy) is 1. The van der Waals surface area contributed by atoms with Crippen molar-refractivity contribution in [2.45, 2.75) is 18.6 Å². The number of hydrogen-bond donors (Lipinski definition) is 2. The molecule has 0 amide bonds. The van der Waals surface area contributed by atoms with Crippen molar-refractivity contribution < 1.29 is 9.53 Å². The number of rotatable bonds is 1. The van der Waals surface area contributed by atoms with Crippen LogP contribution in [-0.2, 0) is 9.53 Å². The quantitative estimate of drug-likeness (QED) is 0.407. The number of nitrogens with one attached hydrogen (secondary N) is 1. The van der Waals surface area contributed by atoms with E-state index in [1.165, 1.54) is 6.08 Å². The molecule has 0 bridgehead atoms. The van der Waals surface area contributed by atoms with Crippen molar-refractivity contribution in [3.8, 4) is 0 Å². The maximum Gasteiger partial charge on any atom is 0.352 e. The molecule has 12 heavy (non-hydrogen) atoms. The van der Waals surface area contributed by atoms with Crippen LogP contribution in [0.5, 0.6) is 0 Å². The van der Waals surface area contributed by atoms with Crippen LogP contribution >= 0.6 is 0 Å². The molecule has 0 spiro atoms. The average Bonchev–Trinajstić information content (AvgIpc) is 2.56. The standard InChI is InChI=1S/C4H10N2.C4H4O2/c5-4-1-2-6-3-4;1-2-3-4(5)6-3/h4,6H,1-3,5H2;2-3H,1H2/t4-;/m1./s1. The number of hydrogen-bond acceptors (Lipinski definition) is 4. The Hall–Kier alpha value is -0.870. The minimum atomic E-state index is -0.273. The average molecular weight is 170 g/mol. The van der Waals surface area contributed by atoms with Gasteiger partial charge in [0.15, 0.2) is 0 Å². The molecule has 0 saturated carbocycles. The zero-order chi connectivity index (χ0) is 8.97. The summed E-state index contributed by atoms with van der Waals surface area (Å²) in [5.74, 6) is -0.162. The van der Waals surface area contributed by atoms with Crippen LogP contribution in [0, 0.1) is 0 Å². The number of nitrogens with two attached hydrogens (primary N) is 1. The number of cyclic esters (lactones) is 1. The molecule has 0 radical (unpaired) electrons. The van der Waals surface area contributed by atoms with Crippen molar-refractivity contribution >= 4 is 5.97 Å². The van der Waals surface area contributed by atoms with Gasteiger partial charge in [0.2, 0.25) is 6.10 Å². The molecule has 4 heteroatoms. The highest BCUT2D eigenvalue weighted by Crippen LogP contribution is 2.10. The van der Waals surface area contributed by atoms with Gasteiger partial charge in [-0.2, -0.15) is 0 Å². The van der Waals surface area contributed by atoms with Crippen molar-refractivity contribution in [1.29, 1.82) is 0 Å². The van der Waals surface area contributed by atoms with E-state index in [0.29, 0.717) is 6.04 Å². The van der Waals surface area contributed by atoms with E-state index in [1.807, 2.05) is 0 Å². The third-order valence-corrected chi connectivity index (χ3v) is 1.73. The van der Waals surface area contributed by atoms with Crippen molar-refractivity contribution in [2.75, 3.05) is 13.1 Å². The Morgan fingerprint density at radius 2 is 2.42 bits per heavy atom. The highest BCUT2D eigenvalue weighted by atomic mass is 16.6. The predicted molar refractivity (Wildman–Crippen MR) is 45.5 cm³/mol. The summed E-state index contributed by atoms with van der Waals surface area (Å²) in [6.07, 6.45) is 2.35. The molecule has 2 rings (SSSR count). The van der Waals surface area contributed by atoms with Gasteiger partial charge in [0.1, 0.15) is 0 Å². The topological polar surface area (TPSA) is 67.7 Å². The summed E-state index contributed by atoms with van der Waals surface area (Å²) < 4.78 is 4.31. The van der Waals surface area contributed by atoms with Crippen LogP contribution < -0.4 is 11.1 Å². The molecule has 2 fully saturated rings. The van der Waals surface area contributed by atoms with Crippen molar-refractivity contribution in [3.05, 3.63) is 12.7 Å². The monoisotopic (exact) mass is 170 g/mol. The van der Waals surface area contributed by atoms with E-state index >= 15 is 0 Å². The van der Waals surface area contributed by atoms with E-state index in [2.05, 4.69) is 16.6 Å². The van der Waals surface area contributed by atoms with E-state index in [0.717, 1.165) is 19.5 Å². The summed E-state index contributed by atoms with van der Waals surface area (Å²) in [5, 5.41) is 3.15. The van der Waals surface area contributed by atoms with E-state index in [1.54, 1.807) is 0 Å². The Labute approximate surface area is 71.8 Å². The molecule has 68 valence electrons. The SMILES string of the molecule is C=CC1OC1=O.N[C@@H]1CCNC1. The summed E-state index contributed by atoms with van der Waals surface area (Å²) in [6, 6.07) is 0.435. The second kappa shape index (κ2) is 4.23. The number of carbonyl (C=O) groups excluding carboxylic acids is 1. The lowest BCUT2D eigenvalue weighted by Gasteiger charge is -1.91. The van der Waals surface area contributed by atoms with Crippen molar-refractivity contribution in [3.63, 3.8) is 0 Å². The normalized spacial score (nSPS) is 31.6. The van der Waals surface area contributed by atoms with Gasteiger partial charge in [-0.3, -0.25) is 0 Å². The molecule has 2 saturated heterocycles. The summed E-state index contributed by atoms with van der Waals surface area (Å²) in [5.41, 5.74) is 5.47. The fourth-order valence-corrected chi connectivity index (χ4v) is 0.912.